The van der Waals surface area contributed by atoms with Crippen LogP contribution in [0, 0.1) is 24.2 Å². The number of allylic oxidation sites excluding steroid dienone is 3. The van der Waals surface area contributed by atoms with Crippen LogP contribution in [-0.2, 0) is 0 Å². The molecule has 0 spiro atoms. The number of aliphatic hydroxyl groups excluding tert-OH is 1. The molecule has 4 aliphatic carbocycles. The van der Waals surface area contributed by atoms with Crippen molar-refractivity contribution in [3.8, 4) is 0 Å². The number of benzene rings is 1. The summed E-state index contributed by atoms with van der Waals surface area (Å²) in [4.78, 5) is 4.50. The van der Waals surface area contributed by atoms with Crippen LogP contribution in [0.5, 0.6) is 0 Å². The lowest BCUT2D eigenvalue weighted by Gasteiger charge is -2.49. The van der Waals surface area contributed by atoms with Crippen LogP contribution >= 0.6 is 0 Å². The van der Waals surface area contributed by atoms with Crippen LogP contribution in [0.1, 0.15) is 69.7 Å². The monoisotopic (exact) mass is 437 g/mol. The van der Waals surface area contributed by atoms with Crippen molar-refractivity contribution >= 4 is 16.7 Å². The first-order chi connectivity index (χ1) is 15.2. The molecule has 32 heavy (non-hydrogen) atoms. The molecule has 2 saturated carbocycles. The first-order valence-corrected chi connectivity index (χ1v) is 12.1. The van der Waals surface area contributed by atoms with Gasteiger partial charge in [0.15, 0.2) is 11.5 Å². The highest BCUT2D eigenvalue weighted by Gasteiger charge is 2.59. The Hall–Kier alpha value is -1.98. The van der Waals surface area contributed by atoms with Crippen LogP contribution in [0.25, 0.3) is 16.7 Å². The minimum absolute atomic E-state index is 0.0356. The van der Waals surface area contributed by atoms with Gasteiger partial charge in [0.2, 0.25) is 0 Å². The highest BCUT2D eigenvalue weighted by Crippen LogP contribution is 2.63. The van der Waals surface area contributed by atoms with Gasteiger partial charge in [-0.05, 0) is 73.3 Å². The zero-order chi connectivity index (χ0) is 22.3. The minimum Gasteiger partial charge on any atom is -0.441 e. The lowest BCUT2D eigenvalue weighted by molar-refractivity contribution is -0.0359. The molecule has 6 rings (SSSR count). The van der Waals surface area contributed by atoms with E-state index in [2.05, 4.69) is 36.2 Å². The van der Waals surface area contributed by atoms with Crippen LogP contribution in [0.3, 0.4) is 0 Å². The average molecular weight is 438 g/mol. The van der Waals surface area contributed by atoms with Gasteiger partial charge in [-0.1, -0.05) is 25.1 Å². The first-order valence-electron chi connectivity index (χ1n) is 12.1. The van der Waals surface area contributed by atoms with E-state index >= 15 is 4.39 Å². The van der Waals surface area contributed by atoms with E-state index in [1.165, 1.54) is 5.57 Å². The molecule has 4 nitrogen and oxygen atoms in total. The topological polar surface area (TPSA) is 66.5 Å². The second kappa shape index (κ2) is 6.77. The molecule has 1 heterocycles. The van der Waals surface area contributed by atoms with Crippen LogP contribution in [0.15, 0.2) is 40.3 Å². The van der Waals surface area contributed by atoms with Gasteiger partial charge in [0.05, 0.1) is 11.7 Å². The fraction of sp³-hybridized carbons (Fsp3) is 0.593. The van der Waals surface area contributed by atoms with E-state index in [0.29, 0.717) is 31.6 Å². The third kappa shape index (κ3) is 2.83. The summed E-state index contributed by atoms with van der Waals surface area (Å²) in [6, 6.07) is 6.17. The second-order valence-electron chi connectivity index (χ2n) is 11.0. The molecule has 2 fully saturated rings. The third-order valence-electron chi connectivity index (χ3n) is 9.17. The number of halogens is 1. The molecule has 2 N–H and O–H groups in total. The van der Waals surface area contributed by atoms with Crippen LogP contribution in [-0.4, -0.2) is 32.6 Å². The highest BCUT2D eigenvalue weighted by atomic mass is 19.1. The summed E-state index contributed by atoms with van der Waals surface area (Å²) in [6.45, 7) is 4.11. The molecule has 1 aromatic carbocycles. The molecular weight excluding hydrogens is 405 g/mol. The smallest absolute Gasteiger partial charge is 0.192 e. The largest absolute Gasteiger partial charge is 0.441 e. The molecule has 6 atom stereocenters. The van der Waals surface area contributed by atoms with Crippen molar-refractivity contribution in [2.75, 3.05) is 0 Å². The third-order valence-corrected chi connectivity index (χ3v) is 9.17. The van der Waals surface area contributed by atoms with Crippen molar-refractivity contribution in [2.45, 2.75) is 82.6 Å². The predicted molar refractivity (Wildman–Crippen MR) is 122 cm³/mol. The van der Waals surface area contributed by atoms with Crippen molar-refractivity contribution < 1.29 is 19.0 Å². The summed E-state index contributed by atoms with van der Waals surface area (Å²) >= 11 is 0. The number of aliphatic hydroxyl groups is 2. The Morgan fingerprint density at radius 1 is 1.19 bits per heavy atom. The number of nitrogens with zero attached hydrogens (tertiary/aromatic N) is 1. The maximum Gasteiger partial charge on any atom is 0.192 e. The first kappa shape index (κ1) is 20.6. The van der Waals surface area contributed by atoms with E-state index in [-0.39, 0.29) is 30.1 Å². The number of aryl methyl sites for hydroxylation is 1. The van der Waals surface area contributed by atoms with E-state index in [4.69, 9.17) is 4.42 Å². The van der Waals surface area contributed by atoms with Crippen molar-refractivity contribution in [3.05, 3.63) is 47.4 Å². The van der Waals surface area contributed by atoms with Crippen molar-refractivity contribution in [1.29, 1.82) is 0 Å². The maximum atomic E-state index is 16.1. The molecule has 0 amide bonds. The molecule has 0 saturated heterocycles. The van der Waals surface area contributed by atoms with Gasteiger partial charge in [-0.3, -0.25) is 0 Å². The Bertz CT molecular complexity index is 1150. The van der Waals surface area contributed by atoms with E-state index in [9.17, 15) is 10.2 Å². The Morgan fingerprint density at radius 2 is 2.03 bits per heavy atom. The van der Waals surface area contributed by atoms with Crippen LogP contribution in [0.2, 0.25) is 0 Å². The number of aromatic nitrogens is 1. The number of oxazole rings is 1. The summed E-state index contributed by atoms with van der Waals surface area (Å²) in [7, 11) is 0. The molecule has 170 valence electrons. The molecule has 1 aromatic heterocycles. The van der Waals surface area contributed by atoms with Gasteiger partial charge in [0.1, 0.15) is 11.2 Å². The Balaban J connectivity index is 1.37. The second-order valence-corrected chi connectivity index (χ2v) is 11.0. The summed E-state index contributed by atoms with van der Waals surface area (Å²) in [5.41, 5.74) is 2.31. The van der Waals surface area contributed by atoms with Crippen LogP contribution < -0.4 is 0 Å². The van der Waals surface area contributed by atoms with Gasteiger partial charge in [-0.15, -0.1) is 0 Å². The molecule has 5 heteroatoms. The number of hydrogen-bond donors (Lipinski definition) is 2. The molecule has 0 bridgehead atoms. The molecular formula is C27H32FNO3. The summed E-state index contributed by atoms with van der Waals surface area (Å²) in [6.07, 6.45) is 8.56. The molecule has 2 aromatic rings. The lowest BCUT2D eigenvalue weighted by Crippen LogP contribution is -2.49. The zero-order valence-corrected chi connectivity index (χ0v) is 18.9. The standard InChI is InChI=1S/C27H32FNO3/c1-16-29-22-13-17(3-7-23(22)32-16)21-6-8-24-25(21,2)11-9-19-14-26(28)15-20(30)5-4-18(26)10-12-27(19,24)31/h3,6-7,9,13,18,20,24,30-31H,4-5,8,10-12,14-15H2,1-2H3/t18?,20?,24?,25?,26?,27-/m1/s1. The zero-order valence-electron chi connectivity index (χ0n) is 18.9. The van der Waals surface area contributed by atoms with Crippen molar-refractivity contribution in [1.82, 2.24) is 4.98 Å². The SMILES string of the molecule is Cc1nc2cc(C3=CCC4C3(C)CC=C3CC5(F)CC(O)CCC5CC[C@@]34O)ccc2o1. The normalized spacial score (nSPS) is 41.3. The average Bonchev–Trinajstić information content (AvgIpc) is 3.25. The highest BCUT2D eigenvalue weighted by molar-refractivity contribution is 5.82. The fourth-order valence-electron chi connectivity index (χ4n) is 7.49. The quantitative estimate of drug-likeness (QED) is 0.565. The predicted octanol–water partition coefficient (Wildman–Crippen LogP) is 5.66. The van der Waals surface area contributed by atoms with Gasteiger partial charge in [0, 0.05) is 31.1 Å². The summed E-state index contributed by atoms with van der Waals surface area (Å²) < 4.78 is 21.7. The minimum atomic E-state index is -1.40. The summed E-state index contributed by atoms with van der Waals surface area (Å²) in [5, 5.41) is 22.3. The lowest BCUT2D eigenvalue weighted by atomic mass is 9.58. The Morgan fingerprint density at radius 3 is 2.88 bits per heavy atom. The van der Waals surface area contributed by atoms with E-state index < -0.39 is 17.4 Å². The number of alkyl halides is 1. The van der Waals surface area contributed by atoms with E-state index in [1.807, 2.05) is 13.0 Å². The fourth-order valence-corrected chi connectivity index (χ4v) is 7.49. The Kier molecular flexibility index (Phi) is 4.36. The van der Waals surface area contributed by atoms with E-state index in [1.54, 1.807) is 0 Å². The molecule has 0 aliphatic heterocycles. The van der Waals surface area contributed by atoms with Crippen LogP contribution in [0.4, 0.5) is 4.39 Å². The van der Waals surface area contributed by atoms with Crippen molar-refractivity contribution in [3.63, 3.8) is 0 Å². The number of hydrogen-bond acceptors (Lipinski definition) is 4. The van der Waals surface area contributed by atoms with Crippen molar-refractivity contribution in [2.24, 2.45) is 17.3 Å². The molecule has 5 unspecified atom stereocenters. The number of rotatable bonds is 1. The summed E-state index contributed by atoms with van der Waals surface area (Å²) in [5.74, 6) is 0.624. The maximum absolute atomic E-state index is 16.1. The van der Waals surface area contributed by atoms with Gasteiger partial charge < -0.3 is 14.6 Å². The van der Waals surface area contributed by atoms with Gasteiger partial charge >= 0.3 is 0 Å². The molecule has 4 aliphatic rings. The van der Waals surface area contributed by atoms with Gasteiger partial charge in [-0.25, -0.2) is 9.37 Å². The van der Waals surface area contributed by atoms with Gasteiger partial charge in [0.25, 0.3) is 0 Å². The number of fused-ring (bicyclic) bond motifs is 5. The van der Waals surface area contributed by atoms with E-state index in [0.717, 1.165) is 35.1 Å². The van der Waals surface area contributed by atoms with Gasteiger partial charge in [-0.2, -0.15) is 0 Å². The Labute approximate surface area is 188 Å². The molecule has 0 radical (unpaired) electrons.